The summed E-state index contributed by atoms with van der Waals surface area (Å²) in [6, 6.07) is 16.9. The van der Waals surface area contributed by atoms with Crippen molar-refractivity contribution in [3.63, 3.8) is 0 Å². The Labute approximate surface area is 144 Å². The van der Waals surface area contributed by atoms with E-state index in [1.165, 1.54) is 16.3 Å². The Morgan fingerprint density at radius 2 is 1.42 bits per heavy atom. The number of hydrogen-bond acceptors (Lipinski definition) is 3. The second-order valence-corrected chi connectivity index (χ2v) is 6.22. The van der Waals surface area contributed by atoms with Crippen molar-refractivity contribution in [1.82, 2.24) is 10.2 Å². The van der Waals surface area contributed by atoms with Crippen molar-refractivity contribution in [1.29, 1.82) is 0 Å². The molecule has 0 spiro atoms. The molecule has 0 atom stereocenters. The standard InChI is InChI=1S/C21H25N3/c1-4-14-24(15-5-2)21-19-13-9-8-12-18(19)20(22-23-21)17-11-7-6-10-16(17)3/h6-13H,4-5,14-15H2,1-3H3. The van der Waals surface area contributed by atoms with Gasteiger partial charge in [0.2, 0.25) is 0 Å². The van der Waals surface area contributed by atoms with E-state index in [0.717, 1.165) is 43.0 Å². The van der Waals surface area contributed by atoms with Crippen molar-refractivity contribution in [2.45, 2.75) is 33.6 Å². The highest BCUT2D eigenvalue weighted by molar-refractivity contribution is 6.00. The molecule has 1 aromatic heterocycles. The van der Waals surface area contributed by atoms with Crippen LogP contribution in [0.5, 0.6) is 0 Å². The fourth-order valence-electron chi connectivity index (χ4n) is 3.22. The quantitative estimate of drug-likeness (QED) is 0.623. The van der Waals surface area contributed by atoms with Gasteiger partial charge in [-0.1, -0.05) is 62.4 Å². The molecule has 0 unspecified atom stereocenters. The molecule has 1 heterocycles. The number of anilines is 1. The number of fused-ring (bicyclic) bond motifs is 1. The molecule has 3 heteroatoms. The Hall–Kier alpha value is -2.42. The summed E-state index contributed by atoms with van der Waals surface area (Å²) in [5.74, 6) is 1.01. The minimum absolute atomic E-state index is 0.973. The maximum absolute atomic E-state index is 4.64. The van der Waals surface area contributed by atoms with Gasteiger partial charge in [-0.05, 0) is 25.3 Å². The van der Waals surface area contributed by atoms with E-state index in [1.54, 1.807) is 0 Å². The highest BCUT2D eigenvalue weighted by atomic mass is 15.3. The first-order valence-electron chi connectivity index (χ1n) is 8.82. The first-order valence-corrected chi connectivity index (χ1v) is 8.82. The summed E-state index contributed by atoms with van der Waals surface area (Å²) in [6.07, 6.45) is 2.21. The van der Waals surface area contributed by atoms with Crippen LogP contribution < -0.4 is 4.90 Å². The monoisotopic (exact) mass is 319 g/mol. The largest absolute Gasteiger partial charge is 0.355 e. The van der Waals surface area contributed by atoms with Crippen LogP contribution in [0.25, 0.3) is 22.0 Å². The van der Waals surface area contributed by atoms with E-state index >= 15 is 0 Å². The van der Waals surface area contributed by atoms with Gasteiger partial charge >= 0.3 is 0 Å². The molecular weight excluding hydrogens is 294 g/mol. The summed E-state index contributed by atoms with van der Waals surface area (Å²) in [5.41, 5.74) is 3.36. The zero-order chi connectivity index (χ0) is 16.9. The average molecular weight is 319 g/mol. The average Bonchev–Trinajstić information content (AvgIpc) is 2.61. The van der Waals surface area contributed by atoms with Crippen LogP contribution in [0, 0.1) is 6.92 Å². The highest BCUT2D eigenvalue weighted by Gasteiger charge is 2.15. The molecule has 0 aliphatic heterocycles. The van der Waals surface area contributed by atoms with Crippen LogP contribution in [0.2, 0.25) is 0 Å². The maximum atomic E-state index is 4.64. The van der Waals surface area contributed by atoms with Gasteiger partial charge in [-0.25, -0.2) is 0 Å². The summed E-state index contributed by atoms with van der Waals surface area (Å²) in [6.45, 7) is 8.56. The minimum Gasteiger partial charge on any atom is -0.355 e. The summed E-state index contributed by atoms with van der Waals surface area (Å²) >= 11 is 0. The van der Waals surface area contributed by atoms with Crippen molar-refractivity contribution in [2.75, 3.05) is 18.0 Å². The summed E-state index contributed by atoms with van der Waals surface area (Å²) in [7, 11) is 0. The van der Waals surface area contributed by atoms with E-state index in [0.29, 0.717) is 0 Å². The van der Waals surface area contributed by atoms with Gasteiger partial charge < -0.3 is 4.90 Å². The van der Waals surface area contributed by atoms with Gasteiger partial charge in [0.05, 0.1) is 0 Å². The Morgan fingerprint density at radius 3 is 2.08 bits per heavy atom. The third-order valence-electron chi connectivity index (χ3n) is 4.35. The van der Waals surface area contributed by atoms with Crippen LogP contribution in [0.1, 0.15) is 32.3 Å². The molecule has 3 aromatic rings. The second-order valence-electron chi connectivity index (χ2n) is 6.22. The molecule has 0 aliphatic carbocycles. The second kappa shape index (κ2) is 7.43. The highest BCUT2D eigenvalue weighted by Crippen LogP contribution is 2.32. The van der Waals surface area contributed by atoms with Crippen molar-refractivity contribution in [2.24, 2.45) is 0 Å². The van der Waals surface area contributed by atoms with Gasteiger partial charge in [0.25, 0.3) is 0 Å². The lowest BCUT2D eigenvalue weighted by Crippen LogP contribution is -2.26. The molecule has 0 amide bonds. The van der Waals surface area contributed by atoms with E-state index in [-0.39, 0.29) is 0 Å². The van der Waals surface area contributed by atoms with Gasteiger partial charge in [0, 0.05) is 29.4 Å². The summed E-state index contributed by atoms with van der Waals surface area (Å²) in [4.78, 5) is 2.36. The van der Waals surface area contributed by atoms with Crippen molar-refractivity contribution in [3.05, 3.63) is 54.1 Å². The predicted molar refractivity (Wildman–Crippen MR) is 103 cm³/mol. The van der Waals surface area contributed by atoms with Crippen LogP contribution in [0.3, 0.4) is 0 Å². The lowest BCUT2D eigenvalue weighted by molar-refractivity contribution is 0.730. The summed E-state index contributed by atoms with van der Waals surface area (Å²) < 4.78 is 0. The van der Waals surface area contributed by atoms with Crippen LogP contribution in [0.15, 0.2) is 48.5 Å². The van der Waals surface area contributed by atoms with Crippen LogP contribution in [-0.2, 0) is 0 Å². The molecule has 0 radical (unpaired) electrons. The molecule has 24 heavy (non-hydrogen) atoms. The van der Waals surface area contributed by atoms with Gasteiger partial charge in [-0.15, -0.1) is 10.2 Å². The van der Waals surface area contributed by atoms with Gasteiger partial charge in [0.15, 0.2) is 5.82 Å². The molecule has 0 aliphatic rings. The van der Waals surface area contributed by atoms with E-state index in [1.807, 2.05) is 0 Å². The smallest absolute Gasteiger partial charge is 0.159 e. The molecule has 0 saturated carbocycles. The van der Waals surface area contributed by atoms with Crippen LogP contribution >= 0.6 is 0 Å². The van der Waals surface area contributed by atoms with Crippen LogP contribution in [0.4, 0.5) is 5.82 Å². The molecule has 0 fully saturated rings. The zero-order valence-corrected chi connectivity index (χ0v) is 14.8. The number of rotatable bonds is 6. The first kappa shape index (κ1) is 16.4. The van der Waals surface area contributed by atoms with E-state index in [4.69, 9.17) is 0 Å². The lowest BCUT2D eigenvalue weighted by Gasteiger charge is -2.24. The van der Waals surface area contributed by atoms with E-state index in [2.05, 4.69) is 84.4 Å². The first-order chi connectivity index (χ1) is 11.8. The molecule has 3 rings (SSSR count). The maximum Gasteiger partial charge on any atom is 0.159 e. The van der Waals surface area contributed by atoms with Crippen molar-refractivity contribution in [3.8, 4) is 11.3 Å². The van der Waals surface area contributed by atoms with E-state index in [9.17, 15) is 0 Å². The third kappa shape index (κ3) is 3.12. The fourth-order valence-corrected chi connectivity index (χ4v) is 3.22. The lowest BCUT2D eigenvalue weighted by atomic mass is 10.0. The molecule has 0 N–H and O–H groups in total. The Kier molecular flexibility index (Phi) is 5.09. The van der Waals surface area contributed by atoms with Crippen molar-refractivity contribution >= 4 is 16.6 Å². The van der Waals surface area contributed by atoms with Gasteiger partial charge in [-0.2, -0.15) is 0 Å². The summed E-state index contributed by atoms with van der Waals surface area (Å²) in [5, 5.41) is 11.6. The molecule has 3 nitrogen and oxygen atoms in total. The SMILES string of the molecule is CCCN(CCC)c1nnc(-c2ccccc2C)c2ccccc12. The third-order valence-corrected chi connectivity index (χ3v) is 4.35. The number of aromatic nitrogens is 2. The minimum atomic E-state index is 0.973. The molecule has 0 bridgehead atoms. The van der Waals surface area contributed by atoms with Crippen molar-refractivity contribution < 1.29 is 0 Å². The zero-order valence-electron chi connectivity index (χ0n) is 14.8. The number of benzene rings is 2. The molecule has 2 aromatic carbocycles. The number of aryl methyl sites for hydroxylation is 1. The Bertz CT molecular complexity index is 820. The Balaban J connectivity index is 2.19. The molecule has 124 valence electrons. The van der Waals surface area contributed by atoms with Gasteiger partial charge in [-0.3, -0.25) is 0 Å². The van der Waals surface area contributed by atoms with E-state index < -0.39 is 0 Å². The molecular formula is C21H25N3. The normalized spacial score (nSPS) is 11.0. The fraction of sp³-hybridized carbons (Fsp3) is 0.333. The predicted octanol–water partition coefficient (Wildman–Crippen LogP) is 5.23. The molecule has 0 saturated heterocycles. The topological polar surface area (TPSA) is 29.0 Å². The number of hydrogen-bond donors (Lipinski definition) is 0. The van der Waals surface area contributed by atoms with Crippen LogP contribution in [-0.4, -0.2) is 23.3 Å². The Morgan fingerprint density at radius 1 is 0.792 bits per heavy atom. The number of nitrogens with zero attached hydrogens (tertiary/aromatic N) is 3. The van der Waals surface area contributed by atoms with Gasteiger partial charge in [0.1, 0.15) is 5.69 Å².